The van der Waals surface area contributed by atoms with Gasteiger partial charge in [-0.05, 0) is 35.8 Å². The van der Waals surface area contributed by atoms with E-state index in [4.69, 9.17) is 9.47 Å². The number of ether oxygens (including phenoxy) is 2. The van der Waals surface area contributed by atoms with Gasteiger partial charge < -0.3 is 9.47 Å². The maximum Gasteiger partial charge on any atom is 0.319 e. The Morgan fingerprint density at radius 2 is 2.04 bits per heavy atom. The quantitative estimate of drug-likeness (QED) is 0.711. The van der Waals surface area contributed by atoms with Gasteiger partial charge in [-0.2, -0.15) is 10.1 Å². The molecule has 1 saturated carbocycles. The van der Waals surface area contributed by atoms with Gasteiger partial charge in [0.05, 0.1) is 37.2 Å². The summed E-state index contributed by atoms with van der Waals surface area (Å²) in [6, 6.07) is 2.39. The molecule has 7 nitrogen and oxygen atoms in total. The van der Waals surface area contributed by atoms with E-state index in [-0.39, 0.29) is 6.01 Å². The van der Waals surface area contributed by atoms with Crippen molar-refractivity contribution in [3.8, 4) is 23.1 Å². The van der Waals surface area contributed by atoms with Crippen molar-refractivity contribution in [2.75, 3.05) is 14.2 Å². The van der Waals surface area contributed by atoms with Crippen LogP contribution >= 0.6 is 0 Å². The zero-order chi connectivity index (χ0) is 17.6. The second-order valence-electron chi connectivity index (χ2n) is 6.74. The highest BCUT2D eigenvalue weighted by molar-refractivity contribution is 5.68. The molecule has 130 valence electrons. The van der Waals surface area contributed by atoms with E-state index in [0.717, 1.165) is 16.8 Å². The lowest BCUT2D eigenvalue weighted by Crippen LogP contribution is -2.02. The minimum absolute atomic E-state index is 0.270. The van der Waals surface area contributed by atoms with E-state index >= 15 is 0 Å². The van der Waals surface area contributed by atoms with Gasteiger partial charge in [-0.1, -0.05) is 13.8 Å². The van der Waals surface area contributed by atoms with E-state index in [9.17, 15) is 0 Å². The monoisotopic (exact) mass is 339 g/mol. The van der Waals surface area contributed by atoms with Gasteiger partial charge in [-0.15, -0.1) is 0 Å². The summed E-state index contributed by atoms with van der Waals surface area (Å²) in [6.07, 6.45) is 6.50. The van der Waals surface area contributed by atoms with Crippen LogP contribution < -0.4 is 9.47 Å². The van der Waals surface area contributed by atoms with E-state index < -0.39 is 0 Å². The number of nitrogens with zero attached hydrogens (tertiary/aromatic N) is 5. The van der Waals surface area contributed by atoms with Gasteiger partial charge in [-0.25, -0.2) is 14.5 Å². The van der Waals surface area contributed by atoms with Gasteiger partial charge in [0, 0.05) is 6.20 Å². The van der Waals surface area contributed by atoms with Gasteiger partial charge in [0.25, 0.3) is 0 Å². The molecule has 3 heterocycles. The first-order valence-electron chi connectivity index (χ1n) is 8.41. The van der Waals surface area contributed by atoms with E-state index in [2.05, 4.69) is 40.0 Å². The van der Waals surface area contributed by atoms with Crippen LogP contribution in [-0.4, -0.2) is 38.8 Å². The molecule has 0 radical (unpaired) electrons. The summed E-state index contributed by atoms with van der Waals surface area (Å²) in [7, 11) is 3.11. The number of hydrogen-bond donors (Lipinski definition) is 0. The molecule has 0 amide bonds. The fraction of sp³-hybridized carbons (Fsp3) is 0.444. The Labute approximate surface area is 146 Å². The SMILES string of the molecule is COc1ncc(-c2cc([C@H]3C[C@@H]3C(C)C)c3cncn3n2)c(OC)n1. The lowest BCUT2D eigenvalue weighted by molar-refractivity contribution is 0.353. The van der Waals surface area contributed by atoms with Crippen molar-refractivity contribution in [3.05, 3.63) is 30.4 Å². The number of rotatable bonds is 5. The zero-order valence-electron chi connectivity index (χ0n) is 14.8. The van der Waals surface area contributed by atoms with E-state index in [1.807, 2.05) is 10.7 Å². The van der Waals surface area contributed by atoms with E-state index in [1.165, 1.54) is 19.1 Å². The van der Waals surface area contributed by atoms with Gasteiger partial charge in [0.15, 0.2) is 0 Å². The van der Waals surface area contributed by atoms with Crippen molar-refractivity contribution < 1.29 is 9.47 Å². The highest BCUT2D eigenvalue weighted by Gasteiger charge is 2.41. The van der Waals surface area contributed by atoms with Gasteiger partial charge in [0.2, 0.25) is 5.88 Å². The molecule has 1 aliphatic carbocycles. The standard InChI is InChI=1S/C18H21N5O2/c1-10(2)11-5-12(11)13-6-15(22-23-9-19-8-16(13)23)14-7-20-18(25-4)21-17(14)24-3/h6-12H,5H2,1-4H3/t11-,12+/m1/s1. The van der Waals surface area contributed by atoms with Crippen molar-refractivity contribution in [3.63, 3.8) is 0 Å². The third kappa shape index (κ3) is 2.69. The average Bonchev–Trinajstić information content (AvgIpc) is 3.30. The van der Waals surface area contributed by atoms with E-state index in [0.29, 0.717) is 23.6 Å². The Kier molecular flexibility index (Phi) is 3.78. The number of hydrogen-bond acceptors (Lipinski definition) is 6. The van der Waals surface area contributed by atoms with Crippen molar-refractivity contribution in [2.45, 2.75) is 26.2 Å². The molecule has 7 heteroatoms. The first kappa shape index (κ1) is 15.8. The maximum atomic E-state index is 5.42. The van der Waals surface area contributed by atoms with Crippen molar-refractivity contribution in [1.29, 1.82) is 0 Å². The summed E-state index contributed by atoms with van der Waals surface area (Å²) >= 11 is 0. The summed E-state index contributed by atoms with van der Waals surface area (Å²) in [5.74, 6) is 2.37. The third-order valence-corrected chi connectivity index (χ3v) is 4.90. The lowest BCUT2D eigenvalue weighted by Gasteiger charge is -2.11. The average molecular weight is 339 g/mol. The molecule has 0 aliphatic heterocycles. The highest BCUT2D eigenvalue weighted by atomic mass is 16.5. The normalized spacial score (nSPS) is 19.4. The van der Waals surface area contributed by atoms with Crippen LogP contribution in [0.5, 0.6) is 11.9 Å². The summed E-state index contributed by atoms with van der Waals surface area (Å²) in [6.45, 7) is 4.56. The Bertz CT molecular complexity index is 921. The molecule has 0 spiro atoms. The molecule has 0 unspecified atom stereocenters. The highest BCUT2D eigenvalue weighted by Crippen LogP contribution is 2.53. The Balaban J connectivity index is 1.84. The van der Waals surface area contributed by atoms with Crippen LogP contribution in [0.1, 0.15) is 31.7 Å². The molecule has 3 aromatic heterocycles. The minimum atomic E-state index is 0.270. The topological polar surface area (TPSA) is 74.4 Å². The summed E-state index contributed by atoms with van der Waals surface area (Å²) in [4.78, 5) is 12.7. The Morgan fingerprint density at radius 1 is 1.20 bits per heavy atom. The second kappa shape index (κ2) is 5.98. The molecule has 0 bridgehead atoms. The van der Waals surface area contributed by atoms with Gasteiger partial charge in [0.1, 0.15) is 6.33 Å². The molecular formula is C18H21N5O2. The molecule has 2 atom stereocenters. The molecule has 4 rings (SSSR count). The molecule has 1 aliphatic rings. The Hall–Kier alpha value is -2.70. The van der Waals surface area contributed by atoms with Crippen LogP contribution in [0.3, 0.4) is 0 Å². The largest absolute Gasteiger partial charge is 0.480 e. The molecular weight excluding hydrogens is 318 g/mol. The summed E-state index contributed by atoms with van der Waals surface area (Å²) in [5.41, 5.74) is 3.85. The number of fused-ring (bicyclic) bond motifs is 1. The smallest absolute Gasteiger partial charge is 0.319 e. The first-order valence-corrected chi connectivity index (χ1v) is 8.41. The van der Waals surface area contributed by atoms with Crippen molar-refractivity contribution in [2.24, 2.45) is 11.8 Å². The van der Waals surface area contributed by atoms with Crippen LogP contribution in [0, 0.1) is 11.8 Å². The van der Waals surface area contributed by atoms with Crippen LogP contribution in [-0.2, 0) is 0 Å². The van der Waals surface area contributed by atoms with Crippen LogP contribution in [0.4, 0.5) is 0 Å². The first-order chi connectivity index (χ1) is 12.1. The van der Waals surface area contributed by atoms with Crippen molar-refractivity contribution >= 4 is 5.52 Å². The Morgan fingerprint density at radius 3 is 2.72 bits per heavy atom. The summed E-state index contributed by atoms with van der Waals surface area (Å²) in [5, 5.41) is 4.66. The fourth-order valence-corrected chi connectivity index (χ4v) is 3.46. The maximum absolute atomic E-state index is 5.42. The summed E-state index contributed by atoms with van der Waals surface area (Å²) < 4.78 is 12.3. The fourth-order valence-electron chi connectivity index (χ4n) is 3.46. The molecule has 0 N–H and O–H groups in total. The second-order valence-corrected chi connectivity index (χ2v) is 6.74. The van der Waals surface area contributed by atoms with Crippen LogP contribution in [0.2, 0.25) is 0 Å². The predicted octanol–water partition coefficient (Wildman–Crippen LogP) is 2.96. The van der Waals surface area contributed by atoms with Crippen molar-refractivity contribution in [1.82, 2.24) is 24.6 Å². The van der Waals surface area contributed by atoms with Crippen LogP contribution in [0.15, 0.2) is 24.8 Å². The number of imidazole rings is 1. The predicted molar refractivity (Wildman–Crippen MR) is 92.8 cm³/mol. The molecule has 25 heavy (non-hydrogen) atoms. The van der Waals surface area contributed by atoms with Gasteiger partial charge >= 0.3 is 6.01 Å². The number of aromatic nitrogens is 5. The van der Waals surface area contributed by atoms with Crippen LogP contribution in [0.25, 0.3) is 16.8 Å². The third-order valence-electron chi connectivity index (χ3n) is 4.90. The molecule has 1 fully saturated rings. The molecule has 0 saturated heterocycles. The lowest BCUT2D eigenvalue weighted by atomic mass is 10.0. The minimum Gasteiger partial charge on any atom is -0.480 e. The van der Waals surface area contributed by atoms with Gasteiger partial charge in [-0.3, -0.25) is 0 Å². The molecule has 0 aromatic carbocycles. The molecule has 3 aromatic rings. The number of methoxy groups -OCH3 is 2. The van der Waals surface area contributed by atoms with E-state index in [1.54, 1.807) is 19.6 Å². The zero-order valence-corrected chi connectivity index (χ0v) is 14.8.